The van der Waals surface area contributed by atoms with Crippen molar-refractivity contribution in [2.45, 2.75) is 38.3 Å². The van der Waals surface area contributed by atoms with Gasteiger partial charge in [-0.05, 0) is 49.9 Å². The molecule has 0 aliphatic carbocycles. The first-order chi connectivity index (χ1) is 17.9. The van der Waals surface area contributed by atoms with Crippen molar-refractivity contribution in [2.24, 2.45) is 0 Å². The van der Waals surface area contributed by atoms with Crippen molar-refractivity contribution in [3.8, 4) is 22.7 Å². The van der Waals surface area contributed by atoms with Crippen molar-refractivity contribution in [3.05, 3.63) is 66.1 Å². The van der Waals surface area contributed by atoms with Crippen molar-refractivity contribution < 1.29 is 18.1 Å². The Balaban J connectivity index is 1.19. The van der Waals surface area contributed by atoms with E-state index in [0.29, 0.717) is 40.5 Å². The molecule has 3 aromatic heterocycles. The summed E-state index contributed by atoms with van der Waals surface area (Å²) in [4.78, 5) is 26.5. The number of aromatic nitrogens is 3. The van der Waals surface area contributed by atoms with Gasteiger partial charge in [-0.15, -0.1) is 0 Å². The number of amides is 1. The largest absolute Gasteiger partial charge is 0.443 e. The van der Waals surface area contributed by atoms with E-state index in [9.17, 15) is 9.18 Å². The molecule has 2 unspecified atom stereocenters. The Bertz CT molecular complexity index is 1420. The van der Waals surface area contributed by atoms with E-state index in [1.807, 2.05) is 19.9 Å². The maximum absolute atomic E-state index is 13.5. The molecule has 3 aliphatic heterocycles. The van der Waals surface area contributed by atoms with Gasteiger partial charge in [0.25, 0.3) is 5.91 Å². The zero-order valence-electron chi connectivity index (χ0n) is 20.8. The monoisotopic (exact) mass is 502 g/mol. The average molecular weight is 503 g/mol. The third-order valence-electron chi connectivity index (χ3n) is 7.22. The maximum atomic E-state index is 13.5. The molecule has 3 aliphatic rings. The highest BCUT2D eigenvalue weighted by atomic mass is 19.1. The van der Waals surface area contributed by atoms with Gasteiger partial charge < -0.3 is 19.2 Å². The lowest BCUT2D eigenvalue weighted by atomic mass is 9.88. The van der Waals surface area contributed by atoms with Crippen molar-refractivity contribution in [3.63, 3.8) is 0 Å². The third-order valence-corrected chi connectivity index (χ3v) is 7.22. The molecule has 6 heterocycles. The van der Waals surface area contributed by atoms with Crippen molar-refractivity contribution in [1.82, 2.24) is 20.0 Å². The standard InChI is InChI=1S/C27H27FN6O3/c1-15(2)25-23(24(32-37-25)16-4-6-17(28)7-5-16)27-30-21(14-36-27)26(35)31-22-9-8-18(11-29-22)34-12-19-10-20(13-34)33(19)3/h4-9,11,14-15,19-20H,10,12-13H2,1-3H3,(H,29,31,35). The van der Waals surface area contributed by atoms with Crippen LogP contribution in [0.25, 0.3) is 22.7 Å². The molecular formula is C27H27FN6O3. The zero-order chi connectivity index (χ0) is 25.7. The number of hydrogen-bond donors (Lipinski definition) is 1. The van der Waals surface area contributed by atoms with E-state index in [1.54, 1.807) is 24.4 Å². The molecule has 1 N–H and O–H groups in total. The van der Waals surface area contributed by atoms with Gasteiger partial charge in [-0.2, -0.15) is 0 Å². The number of pyridine rings is 1. The Hall–Kier alpha value is -4.05. The molecule has 4 aromatic rings. The number of piperazine rings is 1. The summed E-state index contributed by atoms with van der Waals surface area (Å²) in [7, 11) is 2.18. The van der Waals surface area contributed by atoms with Crippen LogP contribution in [0.4, 0.5) is 15.9 Å². The van der Waals surface area contributed by atoms with Gasteiger partial charge in [0.1, 0.15) is 29.2 Å². The van der Waals surface area contributed by atoms with Crippen LogP contribution in [0.5, 0.6) is 0 Å². The Kier molecular flexibility index (Phi) is 5.75. The van der Waals surface area contributed by atoms with Gasteiger partial charge in [-0.25, -0.2) is 14.4 Å². The topological polar surface area (TPSA) is 101 Å². The molecule has 10 heteroatoms. The van der Waals surface area contributed by atoms with Gasteiger partial charge in [0.05, 0.1) is 11.9 Å². The highest BCUT2D eigenvalue weighted by Crippen LogP contribution is 2.38. The second kappa shape index (κ2) is 9.11. The molecule has 1 aromatic carbocycles. The second-order valence-electron chi connectivity index (χ2n) is 9.94. The van der Waals surface area contributed by atoms with E-state index in [0.717, 1.165) is 18.8 Å². The lowest BCUT2D eigenvalue weighted by Gasteiger charge is -2.55. The number of carbonyl (C=O) groups excluding carboxylic acids is 1. The smallest absolute Gasteiger partial charge is 0.278 e. The summed E-state index contributed by atoms with van der Waals surface area (Å²) in [5.41, 5.74) is 2.80. The van der Waals surface area contributed by atoms with E-state index in [2.05, 4.69) is 37.3 Å². The number of carbonyl (C=O) groups is 1. The molecule has 3 saturated heterocycles. The minimum Gasteiger partial charge on any atom is -0.443 e. The number of likely N-dealkylation sites (N-methyl/N-ethyl adjacent to an activating group) is 1. The summed E-state index contributed by atoms with van der Waals surface area (Å²) >= 11 is 0. The average Bonchev–Trinajstić information content (AvgIpc) is 3.57. The first-order valence-electron chi connectivity index (χ1n) is 12.3. The number of halogens is 1. The first kappa shape index (κ1) is 23.4. The van der Waals surface area contributed by atoms with Crippen LogP contribution >= 0.6 is 0 Å². The molecule has 3 fully saturated rings. The number of rotatable bonds is 6. The van der Waals surface area contributed by atoms with Gasteiger partial charge in [0, 0.05) is 36.7 Å². The first-order valence-corrected chi connectivity index (χ1v) is 12.3. The molecule has 1 amide bonds. The number of nitrogens with one attached hydrogen (secondary N) is 1. The Morgan fingerprint density at radius 3 is 2.54 bits per heavy atom. The van der Waals surface area contributed by atoms with Crippen LogP contribution in [0.2, 0.25) is 0 Å². The summed E-state index contributed by atoms with van der Waals surface area (Å²) in [5, 5.41) is 6.96. The van der Waals surface area contributed by atoms with Crippen LogP contribution < -0.4 is 10.2 Å². The normalized spacial score (nSPS) is 19.2. The maximum Gasteiger partial charge on any atom is 0.278 e. The number of oxazole rings is 1. The summed E-state index contributed by atoms with van der Waals surface area (Å²) in [6, 6.07) is 10.9. The fourth-order valence-corrected chi connectivity index (χ4v) is 5.04. The summed E-state index contributed by atoms with van der Waals surface area (Å²) in [6.07, 6.45) is 4.34. The molecule has 0 radical (unpaired) electrons. The van der Waals surface area contributed by atoms with Crippen molar-refractivity contribution in [1.29, 1.82) is 0 Å². The molecule has 9 nitrogen and oxygen atoms in total. The molecular weight excluding hydrogens is 475 g/mol. The van der Waals surface area contributed by atoms with Gasteiger partial charge >= 0.3 is 0 Å². The van der Waals surface area contributed by atoms with Crippen molar-refractivity contribution in [2.75, 3.05) is 30.4 Å². The number of hydrogen-bond acceptors (Lipinski definition) is 8. The van der Waals surface area contributed by atoms with Gasteiger partial charge in [0.15, 0.2) is 11.5 Å². The summed E-state index contributed by atoms with van der Waals surface area (Å²) in [6.45, 7) is 5.89. The minimum atomic E-state index is -0.443. The number of nitrogens with zero attached hydrogens (tertiary/aromatic N) is 5. The van der Waals surface area contributed by atoms with Crippen LogP contribution in [0.3, 0.4) is 0 Å². The fourth-order valence-electron chi connectivity index (χ4n) is 5.04. The van der Waals surface area contributed by atoms with Crippen molar-refractivity contribution >= 4 is 17.4 Å². The molecule has 0 saturated carbocycles. The molecule has 2 atom stereocenters. The quantitative estimate of drug-likeness (QED) is 0.401. The van der Waals surface area contributed by atoms with Crippen LogP contribution in [-0.4, -0.2) is 58.2 Å². The number of fused-ring (bicyclic) bond motifs is 2. The van der Waals surface area contributed by atoms with E-state index < -0.39 is 5.91 Å². The Labute approximate surface area is 213 Å². The number of anilines is 2. The van der Waals surface area contributed by atoms with E-state index in [4.69, 9.17) is 8.94 Å². The zero-order valence-corrected chi connectivity index (χ0v) is 20.8. The number of piperidine rings is 1. The van der Waals surface area contributed by atoms with Crippen LogP contribution in [-0.2, 0) is 0 Å². The van der Waals surface area contributed by atoms with E-state index in [1.165, 1.54) is 24.8 Å². The number of benzene rings is 1. The lowest BCUT2D eigenvalue weighted by Crippen LogP contribution is -2.67. The predicted molar refractivity (Wildman–Crippen MR) is 136 cm³/mol. The molecule has 0 spiro atoms. The summed E-state index contributed by atoms with van der Waals surface area (Å²) < 4.78 is 24.7. The van der Waals surface area contributed by atoms with Crippen LogP contribution in [0.1, 0.15) is 42.4 Å². The van der Waals surface area contributed by atoms with Gasteiger partial charge in [0.2, 0.25) is 5.89 Å². The van der Waals surface area contributed by atoms with Crippen LogP contribution in [0, 0.1) is 5.82 Å². The van der Waals surface area contributed by atoms with E-state index in [-0.39, 0.29) is 23.3 Å². The molecule has 7 rings (SSSR count). The Morgan fingerprint density at radius 2 is 1.89 bits per heavy atom. The van der Waals surface area contributed by atoms with Gasteiger partial charge in [-0.3, -0.25) is 9.69 Å². The Morgan fingerprint density at radius 1 is 1.14 bits per heavy atom. The molecule has 37 heavy (non-hydrogen) atoms. The third kappa shape index (κ3) is 4.27. The second-order valence-corrected chi connectivity index (χ2v) is 9.94. The van der Waals surface area contributed by atoms with Crippen LogP contribution in [0.15, 0.2) is 57.8 Å². The minimum absolute atomic E-state index is 0.0187. The summed E-state index contributed by atoms with van der Waals surface area (Å²) in [5.74, 6) is 0.377. The highest BCUT2D eigenvalue weighted by Gasteiger charge is 2.42. The molecule has 2 bridgehead atoms. The SMILES string of the molecule is CC(C)c1onc(-c2ccc(F)cc2)c1-c1nc(C(=O)Nc2ccc(N3CC4CC(C3)N4C)cn2)co1. The van der Waals surface area contributed by atoms with E-state index >= 15 is 0 Å². The lowest BCUT2D eigenvalue weighted by molar-refractivity contribution is 0.0264. The molecule has 190 valence electrons. The predicted octanol–water partition coefficient (Wildman–Crippen LogP) is 4.80. The highest BCUT2D eigenvalue weighted by molar-refractivity contribution is 6.02. The van der Waals surface area contributed by atoms with Gasteiger partial charge in [-0.1, -0.05) is 19.0 Å². The fraction of sp³-hybridized carbons (Fsp3) is 0.333.